The number of unbranched alkanes of at least 4 members (excludes halogenated alkanes) is 3. The van der Waals surface area contributed by atoms with Crippen LogP contribution in [0.4, 0.5) is 0 Å². The zero-order valence-corrected chi connectivity index (χ0v) is 11.3. The lowest BCUT2D eigenvalue weighted by Gasteiger charge is -2.37. The van der Waals surface area contributed by atoms with E-state index in [0.717, 1.165) is 12.8 Å². The molecule has 1 aliphatic rings. The SMILES string of the molecule is CCCCCCN1CCC(C(C)(C)O)CC1. The molecule has 0 bridgehead atoms. The highest BCUT2D eigenvalue weighted by Crippen LogP contribution is 2.27. The standard InChI is InChI=1S/C14H29NO/c1-4-5-6-7-10-15-11-8-13(9-12-15)14(2,3)16/h13,16H,4-12H2,1-3H3. The molecule has 0 aromatic heterocycles. The molecule has 0 amide bonds. The van der Waals surface area contributed by atoms with Crippen LogP contribution in [0.15, 0.2) is 0 Å². The minimum atomic E-state index is -0.478. The largest absolute Gasteiger partial charge is 0.390 e. The second-order valence-electron chi connectivity index (χ2n) is 5.83. The van der Waals surface area contributed by atoms with Gasteiger partial charge >= 0.3 is 0 Å². The Morgan fingerprint density at radius 2 is 1.75 bits per heavy atom. The lowest BCUT2D eigenvalue weighted by molar-refractivity contribution is -0.0126. The van der Waals surface area contributed by atoms with Crippen molar-refractivity contribution in [3.05, 3.63) is 0 Å². The maximum Gasteiger partial charge on any atom is 0.0620 e. The van der Waals surface area contributed by atoms with Crippen LogP contribution in [0.25, 0.3) is 0 Å². The number of rotatable bonds is 6. The molecule has 1 fully saturated rings. The lowest BCUT2D eigenvalue weighted by Crippen LogP contribution is -2.42. The fourth-order valence-electron chi connectivity index (χ4n) is 2.63. The van der Waals surface area contributed by atoms with Gasteiger partial charge in [-0.25, -0.2) is 0 Å². The van der Waals surface area contributed by atoms with Crippen molar-refractivity contribution in [2.45, 2.75) is 64.9 Å². The van der Waals surface area contributed by atoms with E-state index in [1.165, 1.54) is 45.3 Å². The van der Waals surface area contributed by atoms with E-state index in [1.807, 2.05) is 13.8 Å². The Hall–Kier alpha value is -0.0800. The van der Waals surface area contributed by atoms with E-state index in [9.17, 15) is 5.11 Å². The van der Waals surface area contributed by atoms with E-state index in [-0.39, 0.29) is 0 Å². The van der Waals surface area contributed by atoms with E-state index in [1.54, 1.807) is 0 Å². The summed E-state index contributed by atoms with van der Waals surface area (Å²) in [7, 11) is 0. The summed E-state index contributed by atoms with van der Waals surface area (Å²) in [6, 6.07) is 0. The van der Waals surface area contributed by atoms with E-state index < -0.39 is 5.60 Å². The number of hydrogen-bond donors (Lipinski definition) is 1. The van der Waals surface area contributed by atoms with Crippen LogP contribution < -0.4 is 0 Å². The van der Waals surface area contributed by atoms with Crippen LogP contribution in [0.5, 0.6) is 0 Å². The first-order chi connectivity index (χ1) is 7.54. The van der Waals surface area contributed by atoms with Gasteiger partial charge in [0.1, 0.15) is 0 Å². The summed E-state index contributed by atoms with van der Waals surface area (Å²) >= 11 is 0. The first-order valence-electron chi connectivity index (χ1n) is 6.98. The summed E-state index contributed by atoms with van der Waals surface area (Å²) in [4.78, 5) is 2.57. The summed E-state index contributed by atoms with van der Waals surface area (Å²) in [6.07, 6.45) is 7.75. The zero-order valence-electron chi connectivity index (χ0n) is 11.3. The first-order valence-corrected chi connectivity index (χ1v) is 6.98. The maximum atomic E-state index is 9.96. The van der Waals surface area contributed by atoms with Crippen LogP contribution in [-0.2, 0) is 0 Å². The molecule has 2 nitrogen and oxygen atoms in total. The molecule has 1 N–H and O–H groups in total. The Labute approximate surface area is 101 Å². The van der Waals surface area contributed by atoms with Crippen LogP contribution in [0.1, 0.15) is 59.3 Å². The van der Waals surface area contributed by atoms with E-state index >= 15 is 0 Å². The smallest absolute Gasteiger partial charge is 0.0620 e. The number of piperidine rings is 1. The molecule has 0 spiro atoms. The van der Waals surface area contributed by atoms with Crippen LogP contribution >= 0.6 is 0 Å². The monoisotopic (exact) mass is 227 g/mol. The Kier molecular flexibility index (Phi) is 5.77. The molecular formula is C14H29NO. The molecule has 0 saturated carbocycles. The number of aliphatic hydroxyl groups is 1. The predicted molar refractivity (Wildman–Crippen MR) is 69.6 cm³/mol. The molecule has 16 heavy (non-hydrogen) atoms. The Morgan fingerprint density at radius 1 is 1.12 bits per heavy atom. The summed E-state index contributed by atoms with van der Waals surface area (Å²) in [5.74, 6) is 0.499. The quantitative estimate of drug-likeness (QED) is 0.705. The normalized spacial score (nSPS) is 20.2. The molecule has 0 aromatic carbocycles. The zero-order chi connectivity index (χ0) is 12.0. The first kappa shape index (κ1) is 14.0. The minimum absolute atomic E-state index is 0.478. The van der Waals surface area contributed by atoms with Crippen LogP contribution in [0.2, 0.25) is 0 Å². The summed E-state index contributed by atoms with van der Waals surface area (Å²) in [5, 5.41) is 9.96. The van der Waals surface area contributed by atoms with Gasteiger partial charge in [-0.3, -0.25) is 0 Å². The molecule has 1 aliphatic heterocycles. The molecule has 1 rings (SSSR count). The summed E-state index contributed by atoms with van der Waals surface area (Å²) in [5.41, 5.74) is -0.478. The van der Waals surface area contributed by atoms with E-state index in [2.05, 4.69) is 11.8 Å². The third-order valence-corrected chi connectivity index (χ3v) is 3.91. The van der Waals surface area contributed by atoms with Crippen molar-refractivity contribution in [1.82, 2.24) is 4.90 Å². The highest BCUT2D eigenvalue weighted by atomic mass is 16.3. The number of nitrogens with zero attached hydrogens (tertiary/aromatic N) is 1. The Balaban J connectivity index is 2.12. The van der Waals surface area contributed by atoms with Gasteiger partial charge in [-0.05, 0) is 58.7 Å². The summed E-state index contributed by atoms with van der Waals surface area (Å²) < 4.78 is 0. The molecule has 96 valence electrons. The van der Waals surface area contributed by atoms with Crippen molar-refractivity contribution in [2.24, 2.45) is 5.92 Å². The highest BCUT2D eigenvalue weighted by molar-refractivity contribution is 4.82. The molecule has 1 heterocycles. The Morgan fingerprint density at radius 3 is 2.25 bits per heavy atom. The second-order valence-corrected chi connectivity index (χ2v) is 5.83. The van der Waals surface area contributed by atoms with Crippen molar-refractivity contribution in [1.29, 1.82) is 0 Å². The van der Waals surface area contributed by atoms with Crippen LogP contribution in [0.3, 0.4) is 0 Å². The fraction of sp³-hybridized carbons (Fsp3) is 1.00. The van der Waals surface area contributed by atoms with Crippen molar-refractivity contribution in [2.75, 3.05) is 19.6 Å². The van der Waals surface area contributed by atoms with Gasteiger partial charge < -0.3 is 10.0 Å². The van der Waals surface area contributed by atoms with Gasteiger partial charge in [0.15, 0.2) is 0 Å². The fourth-order valence-corrected chi connectivity index (χ4v) is 2.63. The van der Waals surface area contributed by atoms with Crippen LogP contribution in [0, 0.1) is 5.92 Å². The minimum Gasteiger partial charge on any atom is -0.390 e. The average molecular weight is 227 g/mol. The number of likely N-dealkylation sites (tertiary alicyclic amines) is 1. The molecule has 0 aromatic rings. The van der Waals surface area contributed by atoms with Crippen molar-refractivity contribution in [3.8, 4) is 0 Å². The third-order valence-electron chi connectivity index (χ3n) is 3.91. The van der Waals surface area contributed by atoms with Gasteiger partial charge in [-0.1, -0.05) is 26.2 Å². The molecule has 2 heteroatoms. The molecule has 0 aliphatic carbocycles. The third kappa shape index (κ3) is 4.84. The van der Waals surface area contributed by atoms with Crippen molar-refractivity contribution >= 4 is 0 Å². The summed E-state index contributed by atoms with van der Waals surface area (Å²) in [6.45, 7) is 9.79. The van der Waals surface area contributed by atoms with E-state index in [0.29, 0.717) is 5.92 Å². The van der Waals surface area contributed by atoms with Crippen LogP contribution in [-0.4, -0.2) is 35.2 Å². The Bertz CT molecular complexity index is 178. The average Bonchev–Trinajstić information content (AvgIpc) is 2.24. The lowest BCUT2D eigenvalue weighted by atomic mass is 9.83. The molecule has 1 saturated heterocycles. The topological polar surface area (TPSA) is 23.5 Å². The van der Waals surface area contributed by atoms with Gasteiger partial charge in [0.2, 0.25) is 0 Å². The van der Waals surface area contributed by atoms with Crippen molar-refractivity contribution in [3.63, 3.8) is 0 Å². The predicted octanol–water partition coefficient (Wildman–Crippen LogP) is 3.05. The molecule has 0 radical (unpaired) electrons. The maximum absolute atomic E-state index is 9.96. The van der Waals surface area contributed by atoms with Gasteiger partial charge in [0.05, 0.1) is 5.60 Å². The van der Waals surface area contributed by atoms with Gasteiger partial charge in [0, 0.05) is 0 Å². The van der Waals surface area contributed by atoms with Gasteiger partial charge in [-0.15, -0.1) is 0 Å². The van der Waals surface area contributed by atoms with Crippen molar-refractivity contribution < 1.29 is 5.11 Å². The molecule has 0 unspecified atom stereocenters. The van der Waals surface area contributed by atoms with Gasteiger partial charge in [0.25, 0.3) is 0 Å². The second kappa shape index (κ2) is 6.61. The molecular weight excluding hydrogens is 198 g/mol. The highest BCUT2D eigenvalue weighted by Gasteiger charge is 2.30. The molecule has 0 atom stereocenters. The van der Waals surface area contributed by atoms with Gasteiger partial charge in [-0.2, -0.15) is 0 Å². The number of hydrogen-bond acceptors (Lipinski definition) is 2. The van der Waals surface area contributed by atoms with E-state index in [4.69, 9.17) is 0 Å².